The van der Waals surface area contributed by atoms with Gasteiger partial charge < -0.3 is 4.52 Å². The summed E-state index contributed by atoms with van der Waals surface area (Å²) in [6, 6.07) is 3.41. The largest absolute Gasteiger partial charge is 0.361 e. The highest BCUT2D eigenvalue weighted by atomic mass is 32.2. The lowest BCUT2D eigenvalue weighted by atomic mass is 10.2. The number of pyridine rings is 1. The van der Waals surface area contributed by atoms with Gasteiger partial charge in [-0.25, -0.2) is 9.97 Å². The molecule has 0 atom stereocenters. The van der Waals surface area contributed by atoms with E-state index >= 15 is 0 Å². The summed E-state index contributed by atoms with van der Waals surface area (Å²) in [4.78, 5) is 32.3. The monoisotopic (exact) mass is 388 g/mol. The Balaban J connectivity index is 1.75. The molecule has 3 aromatic heterocycles. The number of carbonyl (C=O) groups is 2. The number of amides is 1. The first-order valence-corrected chi connectivity index (χ1v) is 9.59. The van der Waals surface area contributed by atoms with Crippen LogP contribution in [0, 0.1) is 13.8 Å². The third-order valence-corrected chi connectivity index (χ3v) is 5.43. The zero-order chi connectivity index (χ0) is 18.7. The zero-order valence-corrected chi connectivity index (χ0v) is 16.0. The molecule has 0 saturated carbocycles. The second-order valence-corrected chi connectivity index (χ2v) is 7.32. The first-order chi connectivity index (χ1) is 12.5. The molecule has 26 heavy (non-hydrogen) atoms. The predicted octanol–water partition coefficient (Wildman–Crippen LogP) is 3.89. The number of hydrogen-bond acceptors (Lipinski definition) is 8. The molecule has 0 bridgehead atoms. The molecule has 134 valence electrons. The topological polar surface area (TPSA) is 98.0 Å². The lowest BCUT2D eigenvalue weighted by molar-refractivity contribution is 0.100. The molecule has 3 heterocycles. The molecule has 0 aliphatic carbocycles. The average Bonchev–Trinajstić information content (AvgIpc) is 3.21. The maximum Gasteiger partial charge on any atom is 0.260 e. The fourth-order valence-electron chi connectivity index (χ4n) is 2.18. The van der Waals surface area contributed by atoms with Crippen LogP contribution in [-0.2, 0) is 5.75 Å². The fraction of sp³-hybridized carbons (Fsp3) is 0.235. The number of aromatic nitrogens is 3. The number of Topliss-reactive ketones (excluding diaryl/α,β-unsaturated/α-hetero) is 1. The number of nitrogens with zero attached hydrogens (tertiary/aromatic N) is 3. The van der Waals surface area contributed by atoms with Crippen LogP contribution in [0.4, 0.5) is 5.13 Å². The van der Waals surface area contributed by atoms with Crippen LogP contribution < -0.4 is 5.32 Å². The van der Waals surface area contributed by atoms with E-state index in [2.05, 4.69) is 20.4 Å². The lowest BCUT2D eigenvalue weighted by Gasteiger charge is -2.07. The van der Waals surface area contributed by atoms with E-state index in [1.54, 1.807) is 23.7 Å². The fourth-order valence-corrected chi connectivity index (χ4v) is 4.07. The molecule has 9 heteroatoms. The normalized spacial score (nSPS) is 10.7. The molecular weight excluding hydrogens is 372 g/mol. The standard InChI is InChI=1S/C17H16N4O3S2/c1-9-13(11(3)24-21-9)7-25-16-12(5-4-6-18-16)15(23)20-17-19-14(8-26-17)10(2)22/h4-6,8H,7H2,1-3H3,(H,19,20,23). The van der Waals surface area contributed by atoms with Crippen LogP contribution >= 0.6 is 23.1 Å². The van der Waals surface area contributed by atoms with E-state index in [1.165, 1.54) is 30.0 Å². The lowest BCUT2D eigenvalue weighted by Crippen LogP contribution is -2.13. The Kier molecular flexibility index (Phi) is 5.48. The van der Waals surface area contributed by atoms with E-state index in [0.717, 1.165) is 17.0 Å². The molecule has 0 radical (unpaired) electrons. The number of thioether (sulfide) groups is 1. The van der Waals surface area contributed by atoms with Crippen molar-refractivity contribution in [3.8, 4) is 0 Å². The molecule has 0 saturated heterocycles. The van der Waals surface area contributed by atoms with Crippen LogP contribution in [0.3, 0.4) is 0 Å². The van der Waals surface area contributed by atoms with Crippen LogP contribution in [0.25, 0.3) is 0 Å². The van der Waals surface area contributed by atoms with E-state index < -0.39 is 0 Å². The van der Waals surface area contributed by atoms with E-state index in [9.17, 15) is 9.59 Å². The molecule has 0 fully saturated rings. The first-order valence-electron chi connectivity index (χ1n) is 7.73. The molecule has 0 unspecified atom stereocenters. The van der Waals surface area contributed by atoms with Gasteiger partial charge in [-0.05, 0) is 26.0 Å². The Labute approximate surface area is 158 Å². The average molecular weight is 388 g/mol. The van der Waals surface area contributed by atoms with Gasteiger partial charge in [0.25, 0.3) is 5.91 Å². The van der Waals surface area contributed by atoms with Crippen LogP contribution in [0.1, 0.15) is 44.8 Å². The van der Waals surface area contributed by atoms with E-state index in [0.29, 0.717) is 27.2 Å². The Bertz CT molecular complexity index is 945. The van der Waals surface area contributed by atoms with Crippen molar-refractivity contribution >= 4 is 39.9 Å². The summed E-state index contributed by atoms with van der Waals surface area (Å²) < 4.78 is 5.16. The summed E-state index contributed by atoms with van der Waals surface area (Å²) in [5, 5.41) is 9.26. The quantitative estimate of drug-likeness (QED) is 0.505. The molecule has 0 aliphatic heterocycles. The minimum Gasteiger partial charge on any atom is -0.361 e. The Morgan fingerprint density at radius 3 is 2.81 bits per heavy atom. The van der Waals surface area contributed by atoms with Crippen molar-refractivity contribution in [3.63, 3.8) is 0 Å². The Morgan fingerprint density at radius 2 is 2.15 bits per heavy atom. The van der Waals surface area contributed by atoms with Gasteiger partial charge in [-0.1, -0.05) is 5.16 Å². The minimum absolute atomic E-state index is 0.140. The SMILES string of the molecule is CC(=O)c1csc(NC(=O)c2cccnc2SCc2c(C)noc2C)n1. The van der Waals surface area contributed by atoms with E-state index in [-0.39, 0.29) is 11.7 Å². The van der Waals surface area contributed by atoms with Gasteiger partial charge in [-0.15, -0.1) is 23.1 Å². The van der Waals surface area contributed by atoms with Gasteiger partial charge in [0, 0.05) is 29.8 Å². The van der Waals surface area contributed by atoms with Gasteiger partial charge in [0.1, 0.15) is 16.5 Å². The smallest absolute Gasteiger partial charge is 0.260 e. The molecule has 3 aromatic rings. The van der Waals surface area contributed by atoms with Crippen LogP contribution in [0.5, 0.6) is 0 Å². The number of nitrogens with one attached hydrogen (secondary N) is 1. The van der Waals surface area contributed by atoms with Gasteiger partial charge in [0.05, 0.1) is 11.3 Å². The van der Waals surface area contributed by atoms with Gasteiger partial charge in [-0.3, -0.25) is 14.9 Å². The third kappa shape index (κ3) is 4.00. The van der Waals surface area contributed by atoms with Gasteiger partial charge in [0.15, 0.2) is 10.9 Å². The Morgan fingerprint density at radius 1 is 1.35 bits per heavy atom. The molecule has 0 spiro atoms. The number of ketones is 1. The van der Waals surface area contributed by atoms with Crippen molar-refractivity contribution in [3.05, 3.63) is 52.0 Å². The third-order valence-electron chi connectivity index (χ3n) is 3.64. The van der Waals surface area contributed by atoms with Gasteiger partial charge in [-0.2, -0.15) is 0 Å². The van der Waals surface area contributed by atoms with Crippen molar-refractivity contribution in [1.29, 1.82) is 0 Å². The van der Waals surface area contributed by atoms with Crippen molar-refractivity contribution in [2.75, 3.05) is 5.32 Å². The number of anilines is 1. The predicted molar refractivity (Wildman–Crippen MR) is 99.8 cm³/mol. The number of carbonyl (C=O) groups excluding carboxylic acids is 2. The Hall–Kier alpha value is -2.52. The number of thiazole rings is 1. The maximum atomic E-state index is 12.6. The number of aryl methyl sites for hydroxylation is 2. The summed E-state index contributed by atoms with van der Waals surface area (Å²) in [6.07, 6.45) is 1.64. The van der Waals surface area contributed by atoms with E-state index in [4.69, 9.17) is 4.52 Å². The van der Waals surface area contributed by atoms with Crippen LogP contribution in [-0.4, -0.2) is 26.8 Å². The van der Waals surface area contributed by atoms with Crippen LogP contribution in [0.2, 0.25) is 0 Å². The zero-order valence-electron chi connectivity index (χ0n) is 14.4. The second-order valence-electron chi connectivity index (χ2n) is 5.50. The van der Waals surface area contributed by atoms with Crippen LogP contribution in [0.15, 0.2) is 33.3 Å². The first kappa shape index (κ1) is 18.3. The highest BCUT2D eigenvalue weighted by Gasteiger charge is 2.17. The van der Waals surface area contributed by atoms with Crippen molar-refractivity contribution < 1.29 is 14.1 Å². The highest BCUT2D eigenvalue weighted by Crippen LogP contribution is 2.28. The van der Waals surface area contributed by atoms with Gasteiger partial charge in [0.2, 0.25) is 0 Å². The van der Waals surface area contributed by atoms with E-state index in [1.807, 2.05) is 13.8 Å². The summed E-state index contributed by atoms with van der Waals surface area (Å²) in [6.45, 7) is 5.18. The number of rotatable bonds is 6. The van der Waals surface area contributed by atoms with Crippen molar-refractivity contribution in [2.45, 2.75) is 31.6 Å². The molecule has 0 aromatic carbocycles. The second kappa shape index (κ2) is 7.79. The molecule has 1 amide bonds. The molecule has 7 nitrogen and oxygen atoms in total. The molecule has 0 aliphatic rings. The maximum absolute atomic E-state index is 12.6. The summed E-state index contributed by atoms with van der Waals surface area (Å²) in [5.41, 5.74) is 2.61. The molecular formula is C17H16N4O3S2. The number of hydrogen-bond donors (Lipinski definition) is 1. The summed E-state index contributed by atoms with van der Waals surface area (Å²) >= 11 is 2.65. The summed E-state index contributed by atoms with van der Waals surface area (Å²) in [7, 11) is 0. The van der Waals surface area contributed by atoms with Gasteiger partial charge >= 0.3 is 0 Å². The van der Waals surface area contributed by atoms with Crippen molar-refractivity contribution in [2.24, 2.45) is 0 Å². The highest BCUT2D eigenvalue weighted by molar-refractivity contribution is 7.98. The summed E-state index contributed by atoms with van der Waals surface area (Å²) in [5.74, 6) is 0.906. The molecule has 1 N–H and O–H groups in total. The minimum atomic E-state index is -0.316. The molecule has 3 rings (SSSR count). The van der Waals surface area contributed by atoms with Crippen molar-refractivity contribution in [1.82, 2.24) is 15.1 Å².